The Labute approximate surface area is 712 Å². The molecule has 12 heterocycles. The Morgan fingerprint density at radius 2 is 0.820 bits per heavy atom. The lowest BCUT2D eigenvalue weighted by atomic mass is 9.95. The molecule has 0 spiro atoms. The molecule has 3 aliphatic rings. The number of methoxy groups -OCH3 is 3. The summed E-state index contributed by atoms with van der Waals surface area (Å²) in [4.78, 5) is 93.6. The summed E-state index contributed by atoms with van der Waals surface area (Å²) in [5, 5.41) is 40.0. The molecule has 3 aromatic carbocycles. The molecule has 3 fully saturated rings. The molecule has 0 unspecified atom stereocenters. The zero-order valence-electron chi connectivity index (χ0n) is 71.4. The van der Waals surface area contributed by atoms with Crippen LogP contribution in [0.2, 0.25) is 0 Å². The first-order valence-corrected chi connectivity index (χ1v) is 39.7. The number of hydrogen-bond donors (Lipinski definition) is 5. The van der Waals surface area contributed by atoms with Crippen molar-refractivity contribution in [3.05, 3.63) is 181 Å². The average molecular weight is 1680 g/mol. The highest BCUT2D eigenvalue weighted by Crippen LogP contribution is 2.43. The van der Waals surface area contributed by atoms with Crippen LogP contribution in [-0.2, 0) is 30.7 Å². The largest absolute Gasteiger partial charge is 0.494 e. The van der Waals surface area contributed by atoms with Crippen LogP contribution in [0, 0.1) is 10.1 Å². The third-order valence-electron chi connectivity index (χ3n) is 21.1. The van der Waals surface area contributed by atoms with E-state index in [2.05, 4.69) is 146 Å². The van der Waals surface area contributed by atoms with E-state index in [4.69, 9.17) is 46.5 Å². The quantitative estimate of drug-likeness (QED) is 0.00886. The second-order valence-electron chi connectivity index (χ2n) is 30.6. The van der Waals surface area contributed by atoms with Gasteiger partial charge < -0.3 is 85.3 Å². The van der Waals surface area contributed by atoms with Gasteiger partial charge in [-0.05, 0) is 115 Å². The number of aromatic nitrogens is 15. The maximum Gasteiger partial charge on any atom is 0.294 e. The molecule has 0 aliphatic carbocycles. The van der Waals surface area contributed by atoms with Gasteiger partial charge in [-0.2, -0.15) is 15.3 Å². The molecule has 0 atom stereocenters. The van der Waals surface area contributed by atoms with Gasteiger partial charge in [-0.1, -0.05) is 13.2 Å². The smallest absolute Gasteiger partial charge is 0.294 e. The van der Waals surface area contributed by atoms with Crippen LogP contribution in [0.3, 0.4) is 0 Å². The van der Waals surface area contributed by atoms with Crippen LogP contribution >= 0.6 is 11.6 Å². The number of nitrogens with one attached hydrogen (secondary N) is 4. The summed E-state index contributed by atoms with van der Waals surface area (Å²) in [6.07, 6.45) is 18.7. The fourth-order valence-electron chi connectivity index (χ4n) is 13.9. The highest BCUT2D eigenvalue weighted by Gasteiger charge is 2.34. The van der Waals surface area contributed by atoms with E-state index in [0.717, 1.165) is 162 Å². The van der Waals surface area contributed by atoms with Crippen LogP contribution in [-0.4, -0.2) is 268 Å². The molecule has 1 amide bonds. The number of carbonyl (C=O) groups is 2. The number of halogens is 1. The SMILES string of the molecule is C=CC(=O)Cl.C=CC(=O)Nc1cc(Nc2nccc(C3CN(c4cnc5c(cnn5C)c4)C3)n2)c(OC)cc1N(C)CCN(C)C.COc1cc(N(C)CCN(C)C)c(N)cc1Nc1nccc(C2CN(c3cnc4c(cnn4C)c3)C2)n1.COc1cc(N(C)CCN(C)C)c([N+](=O)[O-])cc1Nc1nccc(C2CN(c3cnc4c(cnn4C)c3)C2)n1. The minimum atomic E-state index is -0.509. The van der Waals surface area contributed by atoms with Crippen LogP contribution in [0.15, 0.2) is 154 Å². The van der Waals surface area contributed by atoms with Crippen LogP contribution < -0.4 is 70.6 Å². The van der Waals surface area contributed by atoms with Crippen LogP contribution in [0.4, 0.5) is 86.1 Å². The Balaban J connectivity index is 0.000000163. The molecule has 9 aromatic heterocycles. The maximum absolute atomic E-state index is 12.3. The van der Waals surface area contributed by atoms with E-state index in [9.17, 15) is 19.7 Å². The highest BCUT2D eigenvalue weighted by molar-refractivity contribution is 6.66. The summed E-state index contributed by atoms with van der Waals surface area (Å²) >= 11 is 4.71. The minimum absolute atomic E-state index is 0.0236. The Morgan fingerprint density at radius 3 is 1.16 bits per heavy atom. The molecule has 0 radical (unpaired) electrons. The summed E-state index contributed by atoms with van der Waals surface area (Å²) in [7, 11) is 28.4. The van der Waals surface area contributed by atoms with E-state index in [-0.39, 0.29) is 28.4 Å². The number of nitro benzene ring substituents is 1. The lowest BCUT2D eigenvalue weighted by molar-refractivity contribution is -0.384. The first-order chi connectivity index (χ1) is 58.6. The number of carbonyl (C=O) groups excluding carboxylic acids is 2. The van der Waals surface area contributed by atoms with Crippen molar-refractivity contribution in [1.29, 1.82) is 0 Å². The summed E-state index contributed by atoms with van der Waals surface area (Å²) in [5.74, 6) is 3.58. The van der Waals surface area contributed by atoms with E-state index in [0.29, 0.717) is 76.0 Å². The van der Waals surface area contributed by atoms with Crippen molar-refractivity contribution in [3.63, 3.8) is 0 Å². The number of benzene rings is 3. The monoisotopic (exact) mass is 1680 g/mol. The Hall–Kier alpha value is -13.7. The molecule has 640 valence electrons. The minimum Gasteiger partial charge on any atom is -0.494 e. The second kappa shape index (κ2) is 39.5. The van der Waals surface area contributed by atoms with Crippen molar-refractivity contribution in [3.8, 4) is 17.2 Å². The second-order valence-corrected chi connectivity index (χ2v) is 30.9. The van der Waals surface area contributed by atoms with Crippen LogP contribution in [0.1, 0.15) is 34.8 Å². The van der Waals surface area contributed by atoms with E-state index < -0.39 is 5.24 Å². The number of pyridine rings is 3. The number of fused-ring (bicyclic) bond motifs is 3. The molecule has 0 saturated carbocycles. The highest BCUT2D eigenvalue weighted by atomic mass is 35.5. The number of allylic oxidation sites excluding steroid dienone is 1. The van der Waals surface area contributed by atoms with Gasteiger partial charge in [0, 0.05) is 198 Å². The Morgan fingerprint density at radius 1 is 0.484 bits per heavy atom. The molecule has 12 aromatic rings. The molecular weight excluding hydrogens is 1580 g/mol. The van der Waals surface area contributed by atoms with E-state index >= 15 is 0 Å². The van der Waals surface area contributed by atoms with Crippen molar-refractivity contribution in [2.45, 2.75) is 17.8 Å². The number of ether oxygens (including phenoxy) is 3. The fourth-order valence-corrected chi connectivity index (χ4v) is 13.9. The van der Waals surface area contributed by atoms with Gasteiger partial charge in [-0.3, -0.25) is 33.7 Å². The third-order valence-corrected chi connectivity index (χ3v) is 21.2. The van der Waals surface area contributed by atoms with Crippen molar-refractivity contribution < 1.29 is 28.7 Å². The summed E-state index contributed by atoms with van der Waals surface area (Å²) in [6, 6.07) is 22.9. The number of anilines is 14. The van der Waals surface area contributed by atoms with Crippen LogP contribution in [0.25, 0.3) is 33.1 Å². The first kappa shape index (κ1) is 87.7. The molecule has 0 bridgehead atoms. The standard InChI is InChI=1S/C29H36N10O2.C26H32N10O3.C26H34N10O.C3H3ClO/c1-7-27(40)33-23-13-24(26(41-6)14-25(23)37(4)11-10-36(2)3)35-29-30-9-8-22(34-29)20-17-39(18-20)21-12-19-15-32-38(5)28(19)31-16-21;1-32(2)8-9-33(3)22-12-24(39-5)21(11-23(22)36(37)38)31-26-27-7-6-20(30-26)18-15-35(16-18)19-10-17-13-29-34(4)25(17)28-14-19;1-33(2)8-9-34(3)23-12-24(37-5)22(11-20(23)27)32-26-28-7-6-21(31-26)18-15-36(16-18)19-10-17-13-30-35(4)25(17)29-14-19;1-2-3(4)5/h7-9,12-16,20H,1,10-11,17-18H2,2-6H3,(H,33,40)(H,30,34,35);6-7,10-14,18H,8-9,15-16H2,1-5H3,(H,27,30,31);6-7,10-14,18H,8-9,15-16,27H2,1-5H3,(H,28,31,32);2H,1H2. The Bertz CT molecular complexity index is 5700. The zero-order chi connectivity index (χ0) is 87.2. The lowest BCUT2D eigenvalue weighted by Gasteiger charge is -2.40. The van der Waals surface area contributed by atoms with Gasteiger partial charge in [-0.15, -0.1) is 0 Å². The van der Waals surface area contributed by atoms with E-state index in [1.165, 1.54) is 19.3 Å². The van der Waals surface area contributed by atoms with Crippen molar-refractivity contribution >= 4 is 142 Å². The molecule has 3 aliphatic heterocycles. The van der Waals surface area contributed by atoms with Gasteiger partial charge in [0.1, 0.15) is 22.9 Å². The van der Waals surface area contributed by atoms with Crippen molar-refractivity contribution in [1.82, 2.24) is 88.9 Å². The molecular formula is C84H105ClN30O7. The lowest BCUT2D eigenvalue weighted by Crippen LogP contribution is -2.45. The van der Waals surface area contributed by atoms with E-state index in [1.54, 1.807) is 52.9 Å². The van der Waals surface area contributed by atoms with Crippen molar-refractivity contribution in [2.75, 3.05) is 220 Å². The summed E-state index contributed by atoms with van der Waals surface area (Å²) < 4.78 is 22.3. The summed E-state index contributed by atoms with van der Waals surface area (Å²) in [6.45, 7) is 16.4. The number of likely N-dealkylation sites (N-methyl/N-ethyl adjacent to an activating group) is 6. The van der Waals surface area contributed by atoms with Gasteiger partial charge in [0.25, 0.3) is 5.69 Å². The van der Waals surface area contributed by atoms with Gasteiger partial charge in [0.2, 0.25) is 29.0 Å². The molecule has 15 rings (SSSR count). The molecule has 38 heteroatoms. The van der Waals surface area contributed by atoms with Gasteiger partial charge in [0.15, 0.2) is 16.9 Å². The first-order valence-electron chi connectivity index (χ1n) is 39.3. The van der Waals surface area contributed by atoms with Gasteiger partial charge in [0.05, 0.1) is 137 Å². The number of aryl methyl sites for hydroxylation is 3. The number of nitro groups is 1. The molecule has 122 heavy (non-hydrogen) atoms. The van der Waals surface area contributed by atoms with Crippen LogP contribution in [0.5, 0.6) is 17.2 Å². The molecule has 6 N–H and O–H groups in total. The topological polar surface area (TPSA) is 378 Å². The normalized spacial score (nSPS) is 13.2. The molecule has 3 saturated heterocycles. The van der Waals surface area contributed by atoms with E-state index in [1.807, 2.05) is 160 Å². The number of rotatable bonds is 31. The zero-order valence-corrected chi connectivity index (χ0v) is 72.2. The Kier molecular flexibility index (Phi) is 28.4. The fraction of sp³-hybridized carbons (Fsp3) is 0.357. The number of amides is 1. The third kappa shape index (κ3) is 21.3. The van der Waals surface area contributed by atoms with Crippen molar-refractivity contribution in [2.24, 2.45) is 21.1 Å². The predicted octanol–water partition coefficient (Wildman–Crippen LogP) is 9.89. The number of hydrogen-bond acceptors (Lipinski definition) is 32. The van der Waals surface area contributed by atoms with Gasteiger partial charge >= 0.3 is 0 Å². The average Bonchev–Trinajstić information content (AvgIpc) is 1.36. The maximum atomic E-state index is 12.3. The van der Waals surface area contributed by atoms with Gasteiger partial charge in [-0.25, -0.2) is 44.9 Å². The number of nitrogen functional groups attached to an aromatic ring is 1. The molecule has 37 nitrogen and oxygen atoms in total. The predicted molar refractivity (Wildman–Crippen MR) is 482 cm³/mol. The number of nitrogens with zero attached hydrogens (tertiary/aromatic N) is 25. The number of nitrogens with two attached hydrogens (primary N) is 1. The summed E-state index contributed by atoms with van der Waals surface area (Å²) in [5.41, 5.74) is 20.4.